The summed E-state index contributed by atoms with van der Waals surface area (Å²) in [4.78, 5) is 13.3. The highest BCUT2D eigenvalue weighted by Crippen LogP contribution is 2.27. The molecule has 0 radical (unpaired) electrons. The molecule has 1 aliphatic heterocycles. The molecule has 0 atom stereocenters. The molecule has 0 aromatic heterocycles. The lowest BCUT2D eigenvalue weighted by atomic mass is 10.0. The van der Waals surface area contributed by atoms with E-state index in [0.717, 1.165) is 31.1 Å². The molecular weight excluding hydrogens is 228 g/mol. The van der Waals surface area contributed by atoms with Gasteiger partial charge in [-0.1, -0.05) is 0 Å². The lowest BCUT2D eigenvalue weighted by molar-refractivity contribution is -0.114. The van der Waals surface area contributed by atoms with Gasteiger partial charge in [0.2, 0.25) is 5.91 Å². The minimum Gasteiger partial charge on any atom is -0.377 e. The molecule has 4 heteroatoms. The number of benzene rings is 1. The molecule has 2 rings (SSSR count). The highest BCUT2D eigenvalue weighted by atomic mass is 16.5. The predicted molar refractivity (Wildman–Crippen MR) is 73.0 cm³/mol. The number of nitrogens with one attached hydrogen (secondary N) is 1. The molecule has 0 saturated carbocycles. The summed E-state index contributed by atoms with van der Waals surface area (Å²) in [5, 5.41) is 2.77. The van der Waals surface area contributed by atoms with E-state index in [-0.39, 0.29) is 11.4 Å². The summed E-state index contributed by atoms with van der Waals surface area (Å²) < 4.78 is 5.51. The van der Waals surface area contributed by atoms with Crippen LogP contribution in [0.5, 0.6) is 0 Å². The van der Waals surface area contributed by atoms with Crippen molar-refractivity contribution in [2.75, 3.05) is 30.0 Å². The molecule has 1 fully saturated rings. The van der Waals surface area contributed by atoms with Gasteiger partial charge in [-0.05, 0) is 38.1 Å². The van der Waals surface area contributed by atoms with Crippen LogP contribution in [-0.2, 0) is 9.53 Å². The Morgan fingerprint density at radius 1 is 1.33 bits per heavy atom. The highest BCUT2D eigenvalue weighted by molar-refractivity contribution is 5.88. The van der Waals surface area contributed by atoms with Crippen LogP contribution in [0.15, 0.2) is 24.3 Å². The van der Waals surface area contributed by atoms with Gasteiger partial charge in [-0.15, -0.1) is 0 Å². The van der Waals surface area contributed by atoms with E-state index in [1.165, 1.54) is 6.92 Å². The Kier molecular flexibility index (Phi) is 3.57. The van der Waals surface area contributed by atoms with Gasteiger partial charge in [-0.2, -0.15) is 0 Å². The SMILES string of the molecule is CC(=O)Nc1ccc(N2CCOCC2(C)C)cc1. The number of carbonyl (C=O) groups excluding carboxylic acids is 1. The monoisotopic (exact) mass is 248 g/mol. The minimum absolute atomic E-state index is 0.00771. The quantitative estimate of drug-likeness (QED) is 0.873. The largest absolute Gasteiger partial charge is 0.377 e. The number of amides is 1. The van der Waals surface area contributed by atoms with E-state index in [4.69, 9.17) is 4.74 Å². The van der Waals surface area contributed by atoms with E-state index in [0.29, 0.717) is 0 Å². The van der Waals surface area contributed by atoms with Crippen molar-refractivity contribution in [2.24, 2.45) is 0 Å². The third kappa shape index (κ3) is 2.82. The van der Waals surface area contributed by atoms with Crippen molar-refractivity contribution in [3.05, 3.63) is 24.3 Å². The van der Waals surface area contributed by atoms with E-state index in [1.807, 2.05) is 24.3 Å². The Labute approximate surface area is 108 Å². The first-order valence-corrected chi connectivity index (χ1v) is 6.22. The van der Waals surface area contributed by atoms with Crippen molar-refractivity contribution < 1.29 is 9.53 Å². The second-order valence-corrected chi connectivity index (χ2v) is 5.24. The second-order valence-electron chi connectivity index (χ2n) is 5.24. The molecule has 0 aliphatic carbocycles. The zero-order valence-corrected chi connectivity index (χ0v) is 11.2. The fourth-order valence-electron chi connectivity index (χ4n) is 2.26. The third-order valence-electron chi connectivity index (χ3n) is 3.14. The summed E-state index contributed by atoms with van der Waals surface area (Å²) in [6.45, 7) is 8.25. The van der Waals surface area contributed by atoms with Crippen LogP contribution < -0.4 is 10.2 Å². The van der Waals surface area contributed by atoms with E-state index < -0.39 is 0 Å². The van der Waals surface area contributed by atoms with Crippen LogP contribution in [0.2, 0.25) is 0 Å². The lowest BCUT2D eigenvalue weighted by Gasteiger charge is -2.43. The van der Waals surface area contributed by atoms with Crippen molar-refractivity contribution in [3.63, 3.8) is 0 Å². The van der Waals surface area contributed by atoms with Gasteiger partial charge >= 0.3 is 0 Å². The normalized spacial score (nSPS) is 18.5. The number of ether oxygens (including phenoxy) is 1. The Morgan fingerprint density at radius 2 is 2.00 bits per heavy atom. The maximum Gasteiger partial charge on any atom is 0.221 e. The maximum absolute atomic E-state index is 11.0. The van der Waals surface area contributed by atoms with E-state index in [9.17, 15) is 4.79 Å². The third-order valence-corrected chi connectivity index (χ3v) is 3.14. The number of morpholine rings is 1. The van der Waals surface area contributed by atoms with Gasteiger partial charge in [-0.3, -0.25) is 4.79 Å². The smallest absolute Gasteiger partial charge is 0.221 e. The Bertz CT molecular complexity index is 426. The maximum atomic E-state index is 11.0. The number of nitrogens with zero attached hydrogens (tertiary/aromatic N) is 1. The van der Waals surface area contributed by atoms with Crippen LogP contribution in [-0.4, -0.2) is 31.2 Å². The van der Waals surface area contributed by atoms with Gasteiger partial charge in [-0.25, -0.2) is 0 Å². The zero-order chi connectivity index (χ0) is 13.2. The Morgan fingerprint density at radius 3 is 2.56 bits per heavy atom. The van der Waals surface area contributed by atoms with Gasteiger partial charge in [0.15, 0.2) is 0 Å². The summed E-state index contributed by atoms with van der Waals surface area (Å²) in [7, 11) is 0. The summed E-state index contributed by atoms with van der Waals surface area (Å²) in [5.41, 5.74) is 2.00. The van der Waals surface area contributed by atoms with Crippen LogP contribution in [0.4, 0.5) is 11.4 Å². The Hall–Kier alpha value is -1.55. The van der Waals surface area contributed by atoms with Crippen molar-refractivity contribution >= 4 is 17.3 Å². The first-order chi connectivity index (χ1) is 8.49. The molecule has 0 bridgehead atoms. The molecule has 4 nitrogen and oxygen atoms in total. The number of rotatable bonds is 2. The fraction of sp³-hybridized carbons (Fsp3) is 0.500. The minimum atomic E-state index is -0.0468. The lowest BCUT2D eigenvalue weighted by Crippen LogP contribution is -2.53. The number of hydrogen-bond donors (Lipinski definition) is 1. The molecule has 18 heavy (non-hydrogen) atoms. The Balaban J connectivity index is 2.15. The molecule has 1 heterocycles. The topological polar surface area (TPSA) is 41.6 Å². The number of hydrogen-bond acceptors (Lipinski definition) is 3. The van der Waals surface area contributed by atoms with Crippen LogP contribution in [0.3, 0.4) is 0 Å². The van der Waals surface area contributed by atoms with Crippen molar-refractivity contribution in [2.45, 2.75) is 26.3 Å². The summed E-state index contributed by atoms with van der Waals surface area (Å²) in [5.74, 6) is -0.0468. The van der Waals surface area contributed by atoms with E-state index >= 15 is 0 Å². The van der Waals surface area contributed by atoms with Crippen molar-refractivity contribution in [3.8, 4) is 0 Å². The second kappa shape index (κ2) is 4.98. The number of anilines is 2. The molecule has 1 aromatic carbocycles. The molecule has 1 aromatic rings. The van der Waals surface area contributed by atoms with Crippen LogP contribution in [0.1, 0.15) is 20.8 Å². The number of carbonyl (C=O) groups is 1. The molecular formula is C14H20N2O2. The van der Waals surface area contributed by atoms with Gasteiger partial charge in [0.25, 0.3) is 0 Å². The van der Waals surface area contributed by atoms with Crippen LogP contribution in [0, 0.1) is 0 Å². The van der Waals surface area contributed by atoms with Gasteiger partial charge in [0.05, 0.1) is 18.8 Å². The van der Waals surface area contributed by atoms with Crippen LogP contribution in [0.25, 0.3) is 0 Å². The highest BCUT2D eigenvalue weighted by Gasteiger charge is 2.30. The predicted octanol–water partition coefficient (Wildman–Crippen LogP) is 2.26. The average Bonchev–Trinajstić information content (AvgIpc) is 2.29. The molecule has 1 N–H and O–H groups in total. The van der Waals surface area contributed by atoms with Crippen molar-refractivity contribution in [1.29, 1.82) is 0 Å². The van der Waals surface area contributed by atoms with E-state index in [2.05, 4.69) is 24.1 Å². The molecule has 1 saturated heterocycles. The van der Waals surface area contributed by atoms with Gasteiger partial charge < -0.3 is 15.0 Å². The molecule has 0 spiro atoms. The van der Waals surface area contributed by atoms with Crippen LogP contribution >= 0.6 is 0 Å². The van der Waals surface area contributed by atoms with Gasteiger partial charge in [0.1, 0.15) is 0 Å². The summed E-state index contributed by atoms with van der Waals surface area (Å²) in [6.07, 6.45) is 0. The zero-order valence-electron chi connectivity index (χ0n) is 11.2. The first kappa shape index (κ1) is 12.9. The fourth-order valence-corrected chi connectivity index (χ4v) is 2.26. The first-order valence-electron chi connectivity index (χ1n) is 6.22. The average molecular weight is 248 g/mol. The standard InChI is InChI=1S/C14H20N2O2/c1-11(17)15-12-4-6-13(7-5-12)16-8-9-18-10-14(16,2)3/h4-7H,8-10H2,1-3H3,(H,15,17). The molecule has 1 aliphatic rings. The molecule has 1 amide bonds. The summed E-state index contributed by atoms with van der Waals surface area (Å²) >= 11 is 0. The van der Waals surface area contributed by atoms with E-state index in [1.54, 1.807) is 0 Å². The van der Waals surface area contributed by atoms with Crippen molar-refractivity contribution in [1.82, 2.24) is 0 Å². The molecule has 98 valence electrons. The summed E-state index contributed by atoms with van der Waals surface area (Å²) in [6, 6.07) is 7.95. The molecule has 0 unspecified atom stereocenters. The van der Waals surface area contributed by atoms with Gasteiger partial charge in [0, 0.05) is 24.8 Å².